The van der Waals surface area contributed by atoms with Crippen LogP contribution in [-0.4, -0.2) is 65.8 Å². The predicted molar refractivity (Wildman–Crippen MR) is 90.7 cm³/mol. The van der Waals surface area contributed by atoms with Crippen molar-refractivity contribution < 1.29 is 14.0 Å². The van der Waals surface area contributed by atoms with Crippen molar-refractivity contribution in [3.05, 3.63) is 48.3 Å². The molecule has 0 radical (unpaired) electrons. The van der Waals surface area contributed by atoms with Gasteiger partial charge >= 0.3 is 0 Å². The Kier molecular flexibility index (Phi) is 6.49. The largest absolute Gasteiger partial charge is 0.339 e. The summed E-state index contributed by atoms with van der Waals surface area (Å²) in [6, 6.07) is 6.58. The first-order chi connectivity index (χ1) is 11.5. The molecule has 2 rings (SSSR count). The van der Waals surface area contributed by atoms with Gasteiger partial charge in [-0.05, 0) is 6.07 Å². The zero-order valence-electron chi connectivity index (χ0n) is 14.1. The van der Waals surface area contributed by atoms with Crippen LogP contribution in [0.1, 0.15) is 12.5 Å². The van der Waals surface area contributed by atoms with E-state index in [2.05, 4.69) is 6.58 Å². The molecule has 1 aliphatic rings. The Balaban J connectivity index is 1.93. The second-order valence-corrected chi connectivity index (χ2v) is 5.94. The van der Waals surface area contributed by atoms with Crippen LogP contribution in [0.5, 0.6) is 0 Å². The Morgan fingerprint density at radius 1 is 1.21 bits per heavy atom. The van der Waals surface area contributed by atoms with Gasteiger partial charge in [0.2, 0.25) is 11.8 Å². The highest BCUT2D eigenvalue weighted by Crippen LogP contribution is 2.11. The van der Waals surface area contributed by atoms with Crippen LogP contribution >= 0.6 is 0 Å². The fourth-order valence-corrected chi connectivity index (χ4v) is 2.80. The Bertz CT molecular complexity index is 598. The normalized spacial score (nSPS) is 14.8. The number of hydrogen-bond donors (Lipinski definition) is 0. The summed E-state index contributed by atoms with van der Waals surface area (Å²) >= 11 is 0. The van der Waals surface area contributed by atoms with Gasteiger partial charge < -0.3 is 9.80 Å². The highest BCUT2D eigenvalue weighted by Gasteiger charge is 2.23. The fourth-order valence-electron chi connectivity index (χ4n) is 2.80. The Hall–Kier alpha value is -2.21. The molecular formula is C18H24FN3O2. The quantitative estimate of drug-likeness (QED) is 0.741. The van der Waals surface area contributed by atoms with E-state index in [4.69, 9.17) is 0 Å². The molecule has 0 saturated carbocycles. The second-order valence-electron chi connectivity index (χ2n) is 5.94. The van der Waals surface area contributed by atoms with Crippen LogP contribution in [0.25, 0.3) is 0 Å². The number of carbonyl (C=O) groups is 2. The molecular weight excluding hydrogens is 309 g/mol. The van der Waals surface area contributed by atoms with E-state index in [1.807, 2.05) is 4.90 Å². The zero-order chi connectivity index (χ0) is 17.5. The standard InChI is InChI=1S/C18H24FN3O2/c1-3-8-20(13-16-6-4-5-7-17(16)19)14-18(24)22-11-9-21(10-12-22)15(2)23/h3-7H,1,8-14H2,2H3. The average Bonchev–Trinajstić information content (AvgIpc) is 2.57. The highest BCUT2D eigenvalue weighted by atomic mass is 19.1. The summed E-state index contributed by atoms with van der Waals surface area (Å²) in [7, 11) is 0. The van der Waals surface area contributed by atoms with Gasteiger partial charge in [0.25, 0.3) is 0 Å². The van der Waals surface area contributed by atoms with Crippen molar-refractivity contribution in [3.63, 3.8) is 0 Å². The van der Waals surface area contributed by atoms with Crippen LogP contribution in [0.2, 0.25) is 0 Å². The number of benzene rings is 1. The number of amides is 2. The molecule has 0 aromatic heterocycles. The molecule has 1 heterocycles. The van der Waals surface area contributed by atoms with Gasteiger partial charge in [0.05, 0.1) is 6.54 Å². The highest BCUT2D eigenvalue weighted by molar-refractivity contribution is 5.79. The molecule has 1 aromatic carbocycles. The van der Waals surface area contributed by atoms with E-state index in [0.29, 0.717) is 44.8 Å². The maximum Gasteiger partial charge on any atom is 0.236 e. The maximum atomic E-state index is 13.8. The van der Waals surface area contributed by atoms with Gasteiger partial charge in [-0.25, -0.2) is 4.39 Å². The van der Waals surface area contributed by atoms with Gasteiger partial charge in [0.1, 0.15) is 5.82 Å². The molecule has 0 aliphatic carbocycles. The monoisotopic (exact) mass is 333 g/mol. The molecule has 6 heteroatoms. The third kappa shape index (κ3) is 4.89. The van der Waals surface area contributed by atoms with E-state index >= 15 is 0 Å². The number of rotatable bonds is 6. The number of piperazine rings is 1. The first-order valence-corrected chi connectivity index (χ1v) is 8.11. The van der Waals surface area contributed by atoms with Gasteiger partial charge in [0.15, 0.2) is 0 Å². The minimum atomic E-state index is -0.269. The van der Waals surface area contributed by atoms with E-state index in [-0.39, 0.29) is 24.2 Å². The molecule has 5 nitrogen and oxygen atoms in total. The van der Waals surface area contributed by atoms with Crippen LogP contribution in [0.15, 0.2) is 36.9 Å². The van der Waals surface area contributed by atoms with Crippen molar-refractivity contribution in [1.82, 2.24) is 14.7 Å². The van der Waals surface area contributed by atoms with Gasteiger partial charge in [-0.1, -0.05) is 24.3 Å². The molecule has 1 aromatic rings. The van der Waals surface area contributed by atoms with Crippen LogP contribution < -0.4 is 0 Å². The lowest BCUT2D eigenvalue weighted by molar-refractivity contribution is -0.139. The van der Waals surface area contributed by atoms with Crippen molar-refractivity contribution in [1.29, 1.82) is 0 Å². The summed E-state index contributed by atoms with van der Waals surface area (Å²) in [5, 5.41) is 0. The summed E-state index contributed by atoms with van der Waals surface area (Å²) in [6.07, 6.45) is 1.71. The lowest BCUT2D eigenvalue weighted by Gasteiger charge is -2.35. The molecule has 24 heavy (non-hydrogen) atoms. The average molecular weight is 333 g/mol. The van der Waals surface area contributed by atoms with Crippen molar-refractivity contribution in [3.8, 4) is 0 Å². The first kappa shape index (κ1) is 18.1. The van der Waals surface area contributed by atoms with E-state index in [0.717, 1.165) is 0 Å². The molecule has 1 fully saturated rings. The van der Waals surface area contributed by atoms with Gasteiger partial charge in [-0.3, -0.25) is 14.5 Å². The Morgan fingerprint density at radius 3 is 2.42 bits per heavy atom. The van der Waals surface area contributed by atoms with Crippen molar-refractivity contribution in [2.24, 2.45) is 0 Å². The minimum Gasteiger partial charge on any atom is -0.339 e. The van der Waals surface area contributed by atoms with Gasteiger partial charge in [-0.15, -0.1) is 6.58 Å². The molecule has 0 unspecified atom stereocenters. The molecule has 1 saturated heterocycles. The van der Waals surface area contributed by atoms with Gasteiger partial charge in [-0.2, -0.15) is 0 Å². The van der Waals surface area contributed by atoms with Crippen LogP contribution in [0.3, 0.4) is 0 Å². The minimum absolute atomic E-state index is 0.00334. The van der Waals surface area contributed by atoms with Crippen molar-refractivity contribution in [2.75, 3.05) is 39.3 Å². The summed E-state index contributed by atoms with van der Waals surface area (Å²) in [4.78, 5) is 29.2. The predicted octanol–water partition coefficient (Wildman–Crippen LogP) is 1.50. The van der Waals surface area contributed by atoms with Crippen LogP contribution in [0, 0.1) is 5.82 Å². The summed E-state index contributed by atoms with van der Waals surface area (Å²) in [6.45, 7) is 8.54. The molecule has 0 bridgehead atoms. The summed E-state index contributed by atoms with van der Waals surface area (Å²) in [5.74, 6) is -0.236. The van der Waals surface area contributed by atoms with Crippen molar-refractivity contribution in [2.45, 2.75) is 13.5 Å². The van der Waals surface area contributed by atoms with E-state index < -0.39 is 0 Å². The molecule has 130 valence electrons. The molecule has 1 aliphatic heterocycles. The maximum absolute atomic E-state index is 13.8. The van der Waals surface area contributed by atoms with E-state index in [9.17, 15) is 14.0 Å². The molecule has 0 N–H and O–H groups in total. The Labute approximate surface area is 142 Å². The number of carbonyl (C=O) groups excluding carboxylic acids is 2. The molecule has 0 spiro atoms. The van der Waals surface area contributed by atoms with Crippen molar-refractivity contribution >= 4 is 11.8 Å². The first-order valence-electron chi connectivity index (χ1n) is 8.11. The second kappa shape index (κ2) is 8.59. The van der Waals surface area contributed by atoms with E-state index in [1.54, 1.807) is 34.1 Å². The van der Waals surface area contributed by atoms with Gasteiger partial charge in [0, 0.05) is 51.8 Å². The number of halogens is 1. The van der Waals surface area contributed by atoms with E-state index in [1.165, 1.54) is 13.0 Å². The number of hydrogen-bond acceptors (Lipinski definition) is 3. The third-order valence-electron chi connectivity index (χ3n) is 4.18. The molecule has 0 atom stereocenters. The lowest BCUT2D eigenvalue weighted by atomic mass is 10.2. The van der Waals surface area contributed by atoms with Crippen LogP contribution in [-0.2, 0) is 16.1 Å². The summed E-state index contributed by atoms with van der Waals surface area (Å²) < 4.78 is 13.8. The fraction of sp³-hybridized carbons (Fsp3) is 0.444. The smallest absolute Gasteiger partial charge is 0.236 e. The third-order valence-corrected chi connectivity index (χ3v) is 4.18. The summed E-state index contributed by atoms with van der Waals surface area (Å²) in [5.41, 5.74) is 0.563. The number of nitrogens with zero attached hydrogens (tertiary/aromatic N) is 3. The van der Waals surface area contributed by atoms with Crippen LogP contribution in [0.4, 0.5) is 4.39 Å². The molecule has 2 amide bonds. The SMILES string of the molecule is C=CCN(CC(=O)N1CCN(C(C)=O)CC1)Cc1ccccc1F. The Morgan fingerprint density at radius 2 is 1.83 bits per heavy atom. The zero-order valence-corrected chi connectivity index (χ0v) is 14.1. The lowest BCUT2D eigenvalue weighted by Crippen LogP contribution is -2.52. The topological polar surface area (TPSA) is 43.9 Å².